The number of Topliss-reactive ketones (excluding diaryl/α,β-unsaturated/α-hetero) is 2. The number of aliphatic hydroxyl groups is 2. The topological polar surface area (TPSA) is 154 Å². The first-order valence-electron chi connectivity index (χ1n) is 12.0. The zero-order chi connectivity index (χ0) is 27.9. The molecule has 2 aliphatic rings. The fraction of sp³-hybridized carbons (Fsp3) is 0.519. The lowest BCUT2D eigenvalue weighted by Crippen LogP contribution is -2.39. The van der Waals surface area contributed by atoms with Gasteiger partial charge in [0.25, 0.3) is 0 Å². The second kappa shape index (κ2) is 12.7. The highest BCUT2D eigenvalue weighted by Gasteiger charge is 2.46. The van der Waals surface area contributed by atoms with Gasteiger partial charge in [0.2, 0.25) is 11.9 Å². The lowest BCUT2D eigenvalue weighted by atomic mass is 9.71. The van der Waals surface area contributed by atoms with Gasteiger partial charge in [0, 0.05) is 6.42 Å². The molecule has 1 aliphatic heterocycles. The van der Waals surface area contributed by atoms with E-state index in [0.717, 1.165) is 11.1 Å². The summed E-state index contributed by atoms with van der Waals surface area (Å²) >= 11 is 0. The molecular formula is C27H34O10. The molecule has 0 amide bonds. The average molecular weight is 519 g/mol. The first-order valence-corrected chi connectivity index (χ1v) is 12.0. The van der Waals surface area contributed by atoms with Gasteiger partial charge in [-0.1, -0.05) is 49.8 Å². The van der Waals surface area contributed by atoms with Gasteiger partial charge in [-0.2, -0.15) is 0 Å². The van der Waals surface area contributed by atoms with Gasteiger partial charge in [-0.3, -0.25) is 19.2 Å². The maximum atomic E-state index is 12.9. The molecule has 4 atom stereocenters. The van der Waals surface area contributed by atoms with Crippen LogP contribution in [0, 0.1) is 5.41 Å². The summed E-state index contributed by atoms with van der Waals surface area (Å²) in [6.07, 6.45) is 2.90. The van der Waals surface area contributed by atoms with Crippen molar-refractivity contribution in [2.45, 2.75) is 78.3 Å². The van der Waals surface area contributed by atoms with Crippen molar-refractivity contribution in [1.29, 1.82) is 0 Å². The standard InChI is InChI=1S/C27H34O10/c1-6-7-8-15(2)9-10-17-16(3)22(31)19(13-27(17,4)5)36-21(30)12-11-20(29)35-14-18(28)25-23(32)24(33)26(34)37-25/h6-10,18-19,24-25,28,33H,11-14H2,1-5H3/t18-,19?,24?,25+/m0/s1. The van der Waals surface area contributed by atoms with Gasteiger partial charge < -0.3 is 24.4 Å². The van der Waals surface area contributed by atoms with Crippen molar-refractivity contribution in [3.63, 3.8) is 0 Å². The molecule has 1 heterocycles. The van der Waals surface area contributed by atoms with Crippen molar-refractivity contribution in [1.82, 2.24) is 0 Å². The Morgan fingerprint density at radius 2 is 1.84 bits per heavy atom. The third-order valence-corrected chi connectivity index (χ3v) is 6.14. The van der Waals surface area contributed by atoms with Crippen LogP contribution >= 0.6 is 0 Å². The zero-order valence-electron chi connectivity index (χ0n) is 21.7. The van der Waals surface area contributed by atoms with Gasteiger partial charge >= 0.3 is 17.9 Å². The molecule has 1 aliphatic carbocycles. The van der Waals surface area contributed by atoms with E-state index in [4.69, 9.17) is 9.47 Å². The normalized spacial score (nSPS) is 25.1. The summed E-state index contributed by atoms with van der Waals surface area (Å²) in [6.45, 7) is 8.81. The Balaban J connectivity index is 1.89. The summed E-state index contributed by atoms with van der Waals surface area (Å²) in [5, 5.41) is 19.2. The first kappa shape index (κ1) is 29.9. The highest BCUT2D eigenvalue weighted by Crippen LogP contribution is 2.40. The van der Waals surface area contributed by atoms with E-state index >= 15 is 0 Å². The second-order valence-electron chi connectivity index (χ2n) is 9.65. The maximum absolute atomic E-state index is 12.9. The molecule has 2 rings (SSSR count). The Bertz CT molecular complexity index is 1060. The van der Waals surface area contributed by atoms with Crippen LogP contribution in [-0.4, -0.2) is 70.7 Å². The minimum absolute atomic E-state index is 0.281. The van der Waals surface area contributed by atoms with Gasteiger partial charge in [0.05, 0.1) is 12.8 Å². The van der Waals surface area contributed by atoms with E-state index < -0.39 is 66.5 Å². The molecule has 0 aromatic rings. The number of cyclic esters (lactones) is 1. The molecule has 0 aromatic carbocycles. The molecule has 10 heteroatoms. The summed E-state index contributed by atoms with van der Waals surface area (Å²) in [7, 11) is 0. The molecule has 10 nitrogen and oxygen atoms in total. The minimum atomic E-state index is -1.98. The van der Waals surface area contributed by atoms with E-state index in [9.17, 15) is 34.2 Å². The van der Waals surface area contributed by atoms with Crippen molar-refractivity contribution in [2.24, 2.45) is 5.41 Å². The number of ether oxygens (including phenoxy) is 3. The lowest BCUT2D eigenvalue weighted by Gasteiger charge is -2.36. The molecule has 202 valence electrons. The van der Waals surface area contributed by atoms with Crippen LogP contribution < -0.4 is 0 Å². The molecular weight excluding hydrogens is 484 g/mol. The van der Waals surface area contributed by atoms with Crippen LogP contribution in [-0.2, 0) is 38.2 Å². The number of carbonyl (C=O) groups is 5. The van der Waals surface area contributed by atoms with E-state index in [1.165, 1.54) is 0 Å². The molecule has 0 radical (unpaired) electrons. The smallest absolute Gasteiger partial charge is 0.343 e. The molecule has 2 N–H and O–H groups in total. The summed E-state index contributed by atoms with van der Waals surface area (Å²) in [6, 6.07) is 0. The Morgan fingerprint density at radius 1 is 1.19 bits per heavy atom. The number of allylic oxidation sites excluding steroid dienone is 7. The second-order valence-corrected chi connectivity index (χ2v) is 9.65. The van der Waals surface area contributed by atoms with Gasteiger partial charge in [-0.05, 0) is 37.3 Å². The third kappa shape index (κ3) is 7.80. The highest BCUT2D eigenvalue weighted by atomic mass is 16.6. The average Bonchev–Trinajstić information content (AvgIpc) is 3.09. The number of ketones is 2. The Morgan fingerprint density at radius 3 is 2.43 bits per heavy atom. The van der Waals surface area contributed by atoms with Crippen molar-refractivity contribution in [3.8, 4) is 0 Å². The molecule has 1 saturated heterocycles. The van der Waals surface area contributed by atoms with Crippen LogP contribution in [0.3, 0.4) is 0 Å². The summed E-state index contributed by atoms with van der Waals surface area (Å²) in [4.78, 5) is 60.0. The molecule has 0 spiro atoms. The van der Waals surface area contributed by atoms with E-state index in [1.807, 2.05) is 58.1 Å². The van der Waals surface area contributed by atoms with Crippen molar-refractivity contribution in [2.75, 3.05) is 6.61 Å². The third-order valence-electron chi connectivity index (χ3n) is 6.14. The molecule has 37 heavy (non-hydrogen) atoms. The number of rotatable bonds is 10. The van der Waals surface area contributed by atoms with Gasteiger partial charge in [0.1, 0.15) is 12.7 Å². The molecule has 1 fully saturated rings. The van der Waals surface area contributed by atoms with Crippen LogP contribution in [0.1, 0.15) is 53.9 Å². The monoisotopic (exact) mass is 518 g/mol. The number of aliphatic hydroxyl groups excluding tert-OH is 2. The first-order chi connectivity index (χ1) is 17.3. The van der Waals surface area contributed by atoms with E-state index in [-0.39, 0.29) is 18.6 Å². The largest absolute Gasteiger partial charge is 0.463 e. The van der Waals surface area contributed by atoms with Crippen LogP contribution in [0.15, 0.2) is 47.1 Å². The Labute approximate surface area is 215 Å². The molecule has 0 saturated carbocycles. The fourth-order valence-corrected chi connectivity index (χ4v) is 4.06. The van der Waals surface area contributed by atoms with Crippen LogP contribution in [0.25, 0.3) is 0 Å². The molecule has 2 unspecified atom stereocenters. The summed E-state index contributed by atoms with van der Waals surface area (Å²) in [5.41, 5.74) is 1.94. The van der Waals surface area contributed by atoms with E-state index in [1.54, 1.807) is 6.92 Å². The highest BCUT2D eigenvalue weighted by molar-refractivity contribution is 6.09. The zero-order valence-corrected chi connectivity index (χ0v) is 21.7. The van der Waals surface area contributed by atoms with Crippen LogP contribution in [0.4, 0.5) is 0 Å². The number of esters is 3. The SMILES string of the molecule is CC=CC=C(C)C=CC1=C(C)C(=O)C(OC(=O)CCC(=O)OC[C@H](O)[C@H]2OC(=O)C(O)C2=O)CC1(C)C. The predicted molar refractivity (Wildman–Crippen MR) is 131 cm³/mol. The maximum Gasteiger partial charge on any atom is 0.343 e. The summed E-state index contributed by atoms with van der Waals surface area (Å²) < 4.78 is 14.7. The van der Waals surface area contributed by atoms with Gasteiger partial charge in [-0.25, -0.2) is 4.79 Å². The number of hydrogen-bond acceptors (Lipinski definition) is 10. The summed E-state index contributed by atoms with van der Waals surface area (Å²) in [5.74, 6) is -4.14. The number of hydrogen-bond donors (Lipinski definition) is 2. The molecule has 0 aromatic heterocycles. The Hall–Kier alpha value is -3.37. The van der Waals surface area contributed by atoms with Crippen LogP contribution in [0.2, 0.25) is 0 Å². The number of carbonyl (C=O) groups excluding carboxylic acids is 5. The quantitative estimate of drug-likeness (QED) is 0.189. The predicted octanol–water partition coefficient (Wildman–Crippen LogP) is 1.83. The molecule has 0 bridgehead atoms. The fourth-order valence-electron chi connectivity index (χ4n) is 4.06. The van der Waals surface area contributed by atoms with Crippen molar-refractivity contribution >= 4 is 29.5 Å². The van der Waals surface area contributed by atoms with Crippen molar-refractivity contribution in [3.05, 3.63) is 47.1 Å². The van der Waals surface area contributed by atoms with Crippen LogP contribution in [0.5, 0.6) is 0 Å². The minimum Gasteiger partial charge on any atom is -0.463 e. The van der Waals surface area contributed by atoms with Gasteiger partial charge in [0.15, 0.2) is 18.0 Å². The Kier molecular flexibility index (Phi) is 10.3. The van der Waals surface area contributed by atoms with Crippen molar-refractivity contribution < 1.29 is 48.4 Å². The van der Waals surface area contributed by atoms with E-state index in [2.05, 4.69) is 4.74 Å². The van der Waals surface area contributed by atoms with Gasteiger partial charge in [-0.15, -0.1) is 0 Å². The van der Waals surface area contributed by atoms with E-state index in [0.29, 0.717) is 5.57 Å². The lowest BCUT2D eigenvalue weighted by molar-refractivity contribution is -0.160.